The maximum absolute atomic E-state index is 6.61. The summed E-state index contributed by atoms with van der Waals surface area (Å²) >= 11 is 6.61. The molecule has 1 heterocycles. The number of para-hydroxylation sites is 2. The van der Waals surface area contributed by atoms with Gasteiger partial charge in [0, 0.05) is 26.9 Å². The van der Waals surface area contributed by atoms with Gasteiger partial charge >= 0.3 is 0 Å². The molecule has 0 aliphatic heterocycles. The van der Waals surface area contributed by atoms with Gasteiger partial charge in [-0.25, -0.2) is 0 Å². The molecule has 0 unspecified atom stereocenters. The van der Waals surface area contributed by atoms with E-state index in [1.807, 2.05) is 48.5 Å². The van der Waals surface area contributed by atoms with Crippen LogP contribution in [0.5, 0.6) is 0 Å². The summed E-state index contributed by atoms with van der Waals surface area (Å²) in [6.07, 6.45) is 0. The molecule has 0 amide bonds. The van der Waals surface area contributed by atoms with Crippen LogP contribution in [0.2, 0.25) is 5.02 Å². The van der Waals surface area contributed by atoms with Gasteiger partial charge in [0.25, 0.3) is 0 Å². The molecule has 4 aromatic carbocycles. The Balaban J connectivity index is 1.86. The molecule has 1 aromatic heterocycles. The van der Waals surface area contributed by atoms with Crippen molar-refractivity contribution < 1.29 is 4.42 Å². The van der Waals surface area contributed by atoms with Crippen molar-refractivity contribution in [1.82, 2.24) is 0 Å². The minimum absolute atomic E-state index is 0.738. The summed E-state index contributed by atoms with van der Waals surface area (Å²) in [6, 6.07) is 30.7. The second-order valence-corrected chi connectivity index (χ2v) is 6.72. The molecule has 5 aromatic rings. The maximum Gasteiger partial charge on any atom is 0.143 e. The van der Waals surface area contributed by atoms with Gasteiger partial charge in [-0.05, 0) is 23.3 Å². The van der Waals surface area contributed by atoms with E-state index < -0.39 is 0 Å². The normalized spacial score (nSPS) is 11.3. The standard InChI is InChI=1S/C24H15ClO/c25-21-14-7-11-18(23(21)16-8-2-1-3-9-16)20-13-6-12-19-17-10-4-5-15-22(17)26-24(19)20/h1-15H. The summed E-state index contributed by atoms with van der Waals surface area (Å²) in [5, 5.41) is 2.99. The SMILES string of the molecule is Clc1cccc(-c2cccc3c2oc2ccccc23)c1-c1ccccc1. The summed E-state index contributed by atoms with van der Waals surface area (Å²) < 4.78 is 6.23. The second-order valence-electron chi connectivity index (χ2n) is 6.31. The zero-order valence-electron chi connectivity index (χ0n) is 13.9. The zero-order chi connectivity index (χ0) is 17.5. The lowest BCUT2D eigenvalue weighted by molar-refractivity contribution is 0.670. The highest BCUT2D eigenvalue weighted by molar-refractivity contribution is 6.34. The number of fused-ring (bicyclic) bond motifs is 3. The number of benzene rings is 4. The fourth-order valence-corrected chi connectivity index (χ4v) is 3.89. The van der Waals surface area contributed by atoms with Gasteiger partial charge < -0.3 is 4.42 Å². The van der Waals surface area contributed by atoms with E-state index in [1.54, 1.807) is 0 Å². The molecule has 1 nitrogen and oxygen atoms in total. The lowest BCUT2D eigenvalue weighted by Gasteiger charge is -2.12. The van der Waals surface area contributed by atoms with Crippen LogP contribution in [0, 0.1) is 0 Å². The topological polar surface area (TPSA) is 13.1 Å². The smallest absolute Gasteiger partial charge is 0.143 e. The van der Waals surface area contributed by atoms with E-state index in [1.165, 1.54) is 0 Å². The molecule has 0 saturated carbocycles. The highest BCUT2D eigenvalue weighted by atomic mass is 35.5. The molecule has 0 radical (unpaired) electrons. The van der Waals surface area contributed by atoms with E-state index in [0.717, 1.165) is 49.2 Å². The Labute approximate surface area is 156 Å². The van der Waals surface area contributed by atoms with Crippen LogP contribution in [0.15, 0.2) is 95.4 Å². The molecule has 0 spiro atoms. The van der Waals surface area contributed by atoms with Crippen molar-refractivity contribution in [2.45, 2.75) is 0 Å². The van der Waals surface area contributed by atoms with Crippen molar-refractivity contribution in [2.24, 2.45) is 0 Å². The molecule has 0 atom stereocenters. The van der Waals surface area contributed by atoms with Gasteiger partial charge in [-0.3, -0.25) is 0 Å². The Bertz CT molecular complexity index is 1240. The molecular formula is C24H15ClO. The van der Waals surface area contributed by atoms with E-state index in [0.29, 0.717) is 0 Å². The van der Waals surface area contributed by atoms with E-state index in [-0.39, 0.29) is 0 Å². The summed E-state index contributed by atoms with van der Waals surface area (Å²) in [5.41, 5.74) is 6.06. The van der Waals surface area contributed by atoms with Gasteiger partial charge in [0.05, 0.1) is 0 Å². The van der Waals surface area contributed by atoms with E-state index >= 15 is 0 Å². The van der Waals surface area contributed by atoms with Gasteiger partial charge in [-0.1, -0.05) is 90.5 Å². The number of rotatable bonds is 2. The molecule has 0 aliphatic carbocycles. The highest BCUT2D eigenvalue weighted by Crippen LogP contribution is 2.42. The van der Waals surface area contributed by atoms with E-state index in [2.05, 4.69) is 42.5 Å². The minimum atomic E-state index is 0.738. The fraction of sp³-hybridized carbons (Fsp3) is 0. The quantitative estimate of drug-likeness (QED) is 0.318. The van der Waals surface area contributed by atoms with Crippen molar-refractivity contribution in [3.05, 3.63) is 96.0 Å². The van der Waals surface area contributed by atoms with Crippen molar-refractivity contribution in [3.8, 4) is 22.3 Å². The second kappa shape index (κ2) is 6.05. The largest absolute Gasteiger partial charge is 0.455 e. The molecule has 0 saturated heterocycles. The maximum atomic E-state index is 6.61. The monoisotopic (exact) mass is 354 g/mol. The summed E-state index contributed by atoms with van der Waals surface area (Å²) in [7, 11) is 0. The lowest BCUT2D eigenvalue weighted by Crippen LogP contribution is -1.87. The summed E-state index contributed by atoms with van der Waals surface area (Å²) in [6.45, 7) is 0. The zero-order valence-corrected chi connectivity index (χ0v) is 14.7. The first-order chi connectivity index (χ1) is 12.8. The molecule has 2 heteroatoms. The lowest BCUT2D eigenvalue weighted by atomic mass is 9.93. The molecule has 124 valence electrons. The van der Waals surface area contributed by atoms with Gasteiger partial charge in [-0.2, -0.15) is 0 Å². The van der Waals surface area contributed by atoms with E-state index in [4.69, 9.17) is 16.0 Å². The predicted octanol–water partition coefficient (Wildman–Crippen LogP) is 7.57. The van der Waals surface area contributed by atoms with Crippen molar-refractivity contribution in [2.75, 3.05) is 0 Å². The van der Waals surface area contributed by atoms with Gasteiger partial charge in [0.1, 0.15) is 11.2 Å². The van der Waals surface area contributed by atoms with Crippen molar-refractivity contribution in [3.63, 3.8) is 0 Å². The molecule has 0 bridgehead atoms. The third-order valence-corrected chi connectivity index (χ3v) is 5.09. The summed E-state index contributed by atoms with van der Waals surface area (Å²) in [4.78, 5) is 0. The Hall–Kier alpha value is -3.03. The van der Waals surface area contributed by atoms with Crippen molar-refractivity contribution in [1.29, 1.82) is 0 Å². The molecule has 0 N–H and O–H groups in total. The van der Waals surface area contributed by atoms with E-state index in [9.17, 15) is 0 Å². The van der Waals surface area contributed by atoms with Crippen LogP contribution in [0.1, 0.15) is 0 Å². The molecule has 26 heavy (non-hydrogen) atoms. The highest BCUT2D eigenvalue weighted by Gasteiger charge is 2.16. The fourth-order valence-electron chi connectivity index (χ4n) is 3.61. The first-order valence-electron chi connectivity index (χ1n) is 8.57. The van der Waals surface area contributed by atoms with Gasteiger partial charge in [-0.15, -0.1) is 0 Å². The van der Waals surface area contributed by atoms with Crippen LogP contribution < -0.4 is 0 Å². The number of halogens is 1. The van der Waals surface area contributed by atoms with Crippen LogP contribution in [-0.4, -0.2) is 0 Å². The Morgan fingerprint density at radius 2 is 1.27 bits per heavy atom. The molecule has 5 rings (SSSR count). The molecule has 0 aliphatic rings. The third kappa shape index (κ3) is 2.33. The van der Waals surface area contributed by atoms with Crippen LogP contribution in [0.3, 0.4) is 0 Å². The number of hydrogen-bond acceptors (Lipinski definition) is 1. The van der Waals surface area contributed by atoms with Crippen LogP contribution >= 0.6 is 11.6 Å². The van der Waals surface area contributed by atoms with Crippen LogP contribution in [0.25, 0.3) is 44.2 Å². The van der Waals surface area contributed by atoms with Crippen molar-refractivity contribution >= 4 is 33.5 Å². The third-order valence-electron chi connectivity index (χ3n) is 4.77. The predicted molar refractivity (Wildman–Crippen MR) is 110 cm³/mol. The average molecular weight is 355 g/mol. The molecule has 0 fully saturated rings. The average Bonchev–Trinajstić information content (AvgIpc) is 3.07. The summed E-state index contributed by atoms with van der Waals surface area (Å²) in [5.74, 6) is 0. The van der Waals surface area contributed by atoms with Crippen LogP contribution in [0.4, 0.5) is 0 Å². The Kier molecular flexibility index (Phi) is 3.55. The number of hydrogen-bond donors (Lipinski definition) is 0. The van der Waals surface area contributed by atoms with Gasteiger partial charge in [0.15, 0.2) is 0 Å². The van der Waals surface area contributed by atoms with Gasteiger partial charge in [0.2, 0.25) is 0 Å². The first kappa shape index (κ1) is 15.2. The minimum Gasteiger partial charge on any atom is -0.455 e. The van der Waals surface area contributed by atoms with Crippen LogP contribution in [-0.2, 0) is 0 Å². The first-order valence-corrected chi connectivity index (χ1v) is 8.95. The Morgan fingerprint density at radius 3 is 2.15 bits per heavy atom. The Morgan fingerprint density at radius 1 is 0.577 bits per heavy atom. The molecular weight excluding hydrogens is 340 g/mol. The number of furan rings is 1.